The van der Waals surface area contributed by atoms with Gasteiger partial charge in [-0.05, 0) is 42.4 Å². The van der Waals surface area contributed by atoms with Crippen molar-refractivity contribution in [2.45, 2.75) is 12.8 Å². The summed E-state index contributed by atoms with van der Waals surface area (Å²) < 4.78 is 5.39. The Bertz CT molecular complexity index is 493. The molecule has 1 saturated heterocycles. The molecule has 4 nitrogen and oxygen atoms in total. The molecule has 0 aliphatic carbocycles. The number of ether oxygens (including phenoxy) is 1. The first-order valence-electron chi connectivity index (χ1n) is 6.76. The second-order valence-electron chi connectivity index (χ2n) is 4.76. The number of benzene rings is 1. The van der Waals surface area contributed by atoms with Crippen molar-refractivity contribution in [3.8, 4) is 11.8 Å². The predicted molar refractivity (Wildman–Crippen MR) is 79.7 cm³/mol. The number of nitrogens with one attached hydrogen (secondary N) is 1. The second-order valence-corrected chi connectivity index (χ2v) is 5.98. The van der Waals surface area contributed by atoms with E-state index in [2.05, 4.69) is 5.32 Å². The molecule has 0 spiro atoms. The fourth-order valence-corrected chi connectivity index (χ4v) is 3.29. The van der Waals surface area contributed by atoms with E-state index >= 15 is 0 Å². The van der Waals surface area contributed by atoms with E-state index in [1.165, 1.54) is 24.3 Å². The van der Waals surface area contributed by atoms with Crippen molar-refractivity contribution in [1.29, 1.82) is 5.26 Å². The van der Waals surface area contributed by atoms with Crippen LogP contribution >= 0.6 is 11.8 Å². The lowest BCUT2D eigenvalue weighted by Gasteiger charge is -2.21. The van der Waals surface area contributed by atoms with Gasteiger partial charge in [0.05, 0.1) is 5.56 Å². The van der Waals surface area contributed by atoms with Gasteiger partial charge in [0, 0.05) is 6.54 Å². The van der Waals surface area contributed by atoms with Gasteiger partial charge < -0.3 is 10.1 Å². The third-order valence-electron chi connectivity index (χ3n) is 3.30. The standard InChI is InChI=1S/C15H18N2O2S/c16-9-13-3-1-2-4-14(13)19-11-15(18)17-10-12-5-7-20-8-6-12/h1-4,12H,5-8,10-11H2,(H,17,18). The van der Waals surface area contributed by atoms with Gasteiger partial charge >= 0.3 is 0 Å². The predicted octanol–water partition coefficient (Wildman–Crippen LogP) is 2.20. The first-order chi connectivity index (χ1) is 9.79. The molecule has 1 aliphatic rings. The van der Waals surface area contributed by atoms with Crippen LogP contribution in [-0.2, 0) is 4.79 Å². The Balaban J connectivity index is 1.73. The Morgan fingerprint density at radius 3 is 2.90 bits per heavy atom. The van der Waals surface area contributed by atoms with Crippen molar-refractivity contribution in [2.75, 3.05) is 24.7 Å². The third-order valence-corrected chi connectivity index (χ3v) is 4.34. The molecule has 20 heavy (non-hydrogen) atoms. The molecular formula is C15H18N2O2S. The molecule has 0 atom stereocenters. The molecule has 5 heteroatoms. The molecule has 1 aromatic carbocycles. The molecule has 0 bridgehead atoms. The van der Waals surface area contributed by atoms with Crippen LogP contribution in [0.3, 0.4) is 0 Å². The van der Waals surface area contributed by atoms with Gasteiger partial charge in [0.1, 0.15) is 11.8 Å². The van der Waals surface area contributed by atoms with Crippen molar-refractivity contribution in [3.63, 3.8) is 0 Å². The lowest BCUT2D eigenvalue weighted by molar-refractivity contribution is -0.123. The van der Waals surface area contributed by atoms with Crippen molar-refractivity contribution in [2.24, 2.45) is 5.92 Å². The van der Waals surface area contributed by atoms with E-state index in [0.29, 0.717) is 17.2 Å². The third kappa shape index (κ3) is 4.46. The SMILES string of the molecule is N#Cc1ccccc1OCC(=O)NCC1CCSCC1. The summed E-state index contributed by atoms with van der Waals surface area (Å²) in [5, 5.41) is 11.8. The van der Waals surface area contributed by atoms with E-state index in [0.717, 1.165) is 6.54 Å². The highest BCUT2D eigenvalue weighted by Gasteiger charge is 2.14. The topological polar surface area (TPSA) is 62.1 Å². The van der Waals surface area contributed by atoms with Gasteiger partial charge in [-0.25, -0.2) is 0 Å². The maximum Gasteiger partial charge on any atom is 0.257 e. The fourth-order valence-electron chi connectivity index (χ4n) is 2.09. The van der Waals surface area contributed by atoms with E-state index in [4.69, 9.17) is 10.00 Å². The fraction of sp³-hybridized carbons (Fsp3) is 0.467. The molecule has 1 aromatic rings. The van der Waals surface area contributed by atoms with Crippen LogP contribution in [0, 0.1) is 17.2 Å². The monoisotopic (exact) mass is 290 g/mol. The van der Waals surface area contributed by atoms with Crippen molar-refractivity contribution < 1.29 is 9.53 Å². The van der Waals surface area contributed by atoms with E-state index in [1.54, 1.807) is 24.3 Å². The molecule has 0 radical (unpaired) electrons. The minimum Gasteiger partial charge on any atom is -0.482 e. The molecule has 1 N–H and O–H groups in total. The van der Waals surface area contributed by atoms with Crippen molar-refractivity contribution in [3.05, 3.63) is 29.8 Å². The van der Waals surface area contributed by atoms with Crippen LogP contribution in [0.1, 0.15) is 18.4 Å². The maximum absolute atomic E-state index is 11.7. The number of hydrogen-bond acceptors (Lipinski definition) is 4. The van der Waals surface area contributed by atoms with E-state index in [1.807, 2.05) is 17.8 Å². The summed E-state index contributed by atoms with van der Waals surface area (Å²) in [4.78, 5) is 11.7. The van der Waals surface area contributed by atoms with Gasteiger partial charge in [0.25, 0.3) is 5.91 Å². The van der Waals surface area contributed by atoms with Crippen LogP contribution in [0.4, 0.5) is 0 Å². The van der Waals surface area contributed by atoms with Gasteiger partial charge in [-0.15, -0.1) is 0 Å². The molecule has 106 valence electrons. The average Bonchev–Trinajstić information content (AvgIpc) is 2.52. The quantitative estimate of drug-likeness (QED) is 0.903. The Morgan fingerprint density at radius 2 is 2.15 bits per heavy atom. The summed E-state index contributed by atoms with van der Waals surface area (Å²) in [6, 6.07) is 8.97. The van der Waals surface area contributed by atoms with Crippen molar-refractivity contribution >= 4 is 17.7 Å². The Hall–Kier alpha value is -1.67. The second kappa shape index (κ2) is 7.81. The summed E-state index contributed by atoms with van der Waals surface area (Å²) in [6.07, 6.45) is 2.34. The van der Waals surface area contributed by atoms with Crippen LogP contribution in [0.15, 0.2) is 24.3 Å². The molecule has 1 aliphatic heterocycles. The normalized spacial score (nSPS) is 15.3. The van der Waals surface area contributed by atoms with Gasteiger partial charge in [0.2, 0.25) is 0 Å². The lowest BCUT2D eigenvalue weighted by Crippen LogP contribution is -2.34. The molecule has 0 saturated carbocycles. The average molecular weight is 290 g/mol. The largest absolute Gasteiger partial charge is 0.482 e. The summed E-state index contributed by atoms with van der Waals surface area (Å²) >= 11 is 1.98. The minimum absolute atomic E-state index is 0.0415. The summed E-state index contributed by atoms with van der Waals surface area (Å²) in [5.41, 5.74) is 0.449. The highest BCUT2D eigenvalue weighted by atomic mass is 32.2. The first kappa shape index (κ1) is 14.7. The number of carbonyl (C=O) groups excluding carboxylic acids is 1. The van der Waals surface area contributed by atoms with Crippen LogP contribution in [0.25, 0.3) is 0 Å². The number of thioether (sulfide) groups is 1. The number of hydrogen-bond donors (Lipinski definition) is 1. The summed E-state index contributed by atoms with van der Waals surface area (Å²) in [5.74, 6) is 3.29. The Labute approximate surface area is 123 Å². The van der Waals surface area contributed by atoms with Gasteiger partial charge in [0.15, 0.2) is 6.61 Å². The van der Waals surface area contributed by atoms with E-state index in [-0.39, 0.29) is 12.5 Å². The highest BCUT2D eigenvalue weighted by molar-refractivity contribution is 7.99. The Kier molecular flexibility index (Phi) is 5.75. The van der Waals surface area contributed by atoms with Crippen LogP contribution in [0.5, 0.6) is 5.75 Å². The minimum atomic E-state index is -0.129. The highest BCUT2D eigenvalue weighted by Crippen LogP contribution is 2.21. The van der Waals surface area contributed by atoms with E-state index < -0.39 is 0 Å². The molecular weight excluding hydrogens is 272 g/mol. The summed E-state index contributed by atoms with van der Waals surface area (Å²) in [7, 11) is 0. The summed E-state index contributed by atoms with van der Waals surface area (Å²) in [6.45, 7) is 0.683. The number of carbonyl (C=O) groups is 1. The number of rotatable bonds is 5. The van der Waals surface area contributed by atoms with Gasteiger partial charge in [-0.3, -0.25) is 4.79 Å². The Morgan fingerprint density at radius 1 is 1.40 bits per heavy atom. The van der Waals surface area contributed by atoms with Crippen LogP contribution in [0.2, 0.25) is 0 Å². The van der Waals surface area contributed by atoms with E-state index in [9.17, 15) is 4.79 Å². The number of para-hydroxylation sites is 1. The van der Waals surface area contributed by atoms with Gasteiger partial charge in [-0.1, -0.05) is 12.1 Å². The smallest absolute Gasteiger partial charge is 0.257 e. The van der Waals surface area contributed by atoms with Crippen LogP contribution in [-0.4, -0.2) is 30.6 Å². The molecule has 0 unspecified atom stereocenters. The lowest BCUT2D eigenvalue weighted by atomic mass is 10.0. The molecule has 1 amide bonds. The maximum atomic E-state index is 11.7. The molecule has 0 aromatic heterocycles. The van der Waals surface area contributed by atoms with Crippen molar-refractivity contribution in [1.82, 2.24) is 5.32 Å². The zero-order valence-electron chi connectivity index (χ0n) is 11.3. The number of nitrogens with zero attached hydrogens (tertiary/aromatic N) is 1. The molecule has 1 fully saturated rings. The van der Waals surface area contributed by atoms with Crippen LogP contribution < -0.4 is 10.1 Å². The zero-order valence-corrected chi connectivity index (χ0v) is 12.1. The molecule has 2 rings (SSSR count). The number of nitriles is 1. The zero-order chi connectivity index (χ0) is 14.2. The molecule has 1 heterocycles. The number of amides is 1. The first-order valence-corrected chi connectivity index (χ1v) is 7.91. The van der Waals surface area contributed by atoms with Gasteiger partial charge in [-0.2, -0.15) is 17.0 Å².